The van der Waals surface area contributed by atoms with E-state index in [1.807, 2.05) is 0 Å². The molecular formula is C19H13F3N2O3. The molecule has 1 N–H and O–H groups in total. The van der Waals surface area contributed by atoms with Gasteiger partial charge in [-0.1, -0.05) is 18.2 Å². The van der Waals surface area contributed by atoms with E-state index in [0.717, 1.165) is 22.9 Å². The van der Waals surface area contributed by atoms with E-state index in [9.17, 15) is 22.8 Å². The molecule has 0 bridgehead atoms. The molecule has 1 amide bonds. The van der Waals surface area contributed by atoms with Crippen molar-refractivity contribution in [2.75, 3.05) is 5.32 Å². The lowest BCUT2D eigenvalue weighted by Gasteiger charge is -2.11. The Labute approximate surface area is 151 Å². The fourth-order valence-electron chi connectivity index (χ4n) is 2.28. The topological polar surface area (TPSA) is 60.3 Å². The van der Waals surface area contributed by atoms with Crippen LogP contribution >= 0.6 is 0 Å². The maximum atomic E-state index is 13.6. The van der Waals surface area contributed by atoms with Crippen LogP contribution < -0.4 is 15.7 Å². The first-order valence-electron chi connectivity index (χ1n) is 7.80. The van der Waals surface area contributed by atoms with Crippen LogP contribution in [0.15, 0.2) is 65.6 Å². The van der Waals surface area contributed by atoms with Crippen molar-refractivity contribution in [1.29, 1.82) is 0 Å². The van der Waals surface area contributed by atoms with Gasteiger partial charge in [0, 0.05) is 23.5 Å². The molecule has 2 aromatic carbocycles. The van der Waals surface area contributed by atoms with E-state index >= 15 is 0 Å². The first kappa shape index (κ1) is 18.2. The molecule has 0 aliphatic rings. The van der Waals surface area contributed by atoms with Crippen LogP contribution in [0.25, 0.3) is 0 Å². The third-order valence-corrected chi connectivity index (χ3v) is 3.65. The zero-order valence-electron chi connectivity index (χ0n) is 13.8. The van der Waals surface area contributed by atoms with Gasteiger partial charge in [-0.05, 0) is 30.3 Å². The van der Waals surface area contributed by atoms with E-state index in [1.54, 1.807) is 6.07 Å². The number of nitrogens with zero attached hydrogens (tertiary/aromatic N) is 1. The van der Waals surface area contributed by atoms with Gasteiger partial charge in [-0.25, -0.2) is 13.2 Å². The SMILES string of the molecule is O=C(Nc1ccc(F)c(F)c1)c1cccn(OCc2ccccc2F)c1=O. The molecule has 0 aliphatic heterocycles. The summed E-state index contributed by atoms with van der Waals surface area (Å²) in [5.41, 5.74) is -0.841. The minimum Gasteiger partial charge on any atom is -0.406 e. The summed E-state index contributed by atoms with van der Waals surface area (Å²) < 4.78 is 40.6. The lowest BCUT2D eigenvalue weighted by molar-refractivity contribution is 0.0847. The molecule has 138 valence electrons. The Hall–Kier alpha value is -3.55. The number of hydrogen-bond acceptors (Lipinski definition) is 3. The number of pyridine rings is 1. The highest BCUT2D eigenvalue weighted by Gasteiger charge is 2.14. The molecule has 5 nitrogen and oxygen atoms in total. The van der Waals surface area contributed by atoms with Crippen molar-refractivity contribution in [1.82, 2.24) is 4.73 Å². The predicted molar refractivity (Wildman–Crippen MR) is 91.7 cm³/mol. The molecule has 0 spiro atoms. The lowest BCUT2D eigenvalue weighted by atomic mass is 10.2. The molecule has 0 saturated heterocycles. The van der Waals surface area contributed by atoms with Gasteiger partial charge in [0.1, 0.15) is 18.0 Å². The monoisotopic (exact) mass is 374 g/mol. The number of amides is 1. The van der Waals surface area contributed by atoms with Gasteiger partial charge >= 0.3 is 0 Å². The Morgan fingerprint density at radius 3 is 2.48 bits per heavy atom. The first-order chi connectivity index (χ1) is 13.0. The molecule has 0 fully saturated rings. The van der Waals surface area contributed by atoms with Crippen LogP contribution in [-0.4, -0.2) is 10.6 Å². The third kappa shape index (κ3) is 4.17. The number of nitrogens with one attached hydrogen (secondary N) is 1. The minimum atomic E-state index is -1.13. The second-order valence-electron chi connectivity index (χ2n) is 5.50. The van der Waals surface area contributed by atoms with E-state index in [2.05, 4.69) is 5.32 Å². The fourth-order valence-corrected chi connectivity index (χ4v) is 2.28. The van der Waals surface area contributed by atoms with Crippen molar-refractivity contribution >= 4 is 11.6 Å². The maximum Gasteiger partial charge on any atom is 0.295 e. The Bertz CT molecular complexity index is 1050. The fraction of sp³-hybridized carbons (Fsp3) is 0.0526. The summed E-state index contributed by atoms with van der Waals surface area (Å²) in [7, 11) is 0. The van der Waals surface area contributed by atoms with Crippen molar-refractivity contribution in [2.24, 2.45) is 0 Å². The number of hydrogen-bond donors (Lipinski definition) is 1. The van der Waals surface area contributed by atoms with Crippen LogP contribution in [0.2, 0.25) is 0 Å². The summed E-state index contributed by atoms with van der Waals surface area (Å²) in [4.78, 5) is 29.9. The molecule has 0 aliphatic carbocycles. The summed E-state index contributed by atoms with van der Waals surface area (Å²) in [5.74, 6) is -3.50. The Morgan fingerprint density at radius 1 is 0.963 bits per heavy atom. The Balaban J connectivity index is 1.77. The number of rotatable bonds is 5. The molecule has 0 atom stereocenters. The van der Waals surface area contributed by atoms with E-state index in [0.29, 0.717) is 0 Å². The van der Waals surface area contributed by atoms with Crippen molar-refractivity contribution in [3.8, 4) is 0 Å². The van der Waals surface area contributed by atoms with Crippen LogP contribution in [0.5, 0.6) is 0 Å². The minimum absolute atomic E-state index is 0.0130. The number of benzene rings is 2. The van der Waals surface area contributed by atoms with Crippen LogP contribution in [0.4, 0.5) is 18.9 Å². The standard InChI is InChI=1S/C19H13F3N2O3/c20-15-6-2-1-4-12(15)11-27-24-9-3-5-14(19(24)26)18(25)23-13-7-8-16(21)17(22)10-13/h1-10H,11H2,(H,23,25). The van der Waals surface area contributed by atoms with Gasteiger partial charge < -0.3 is 10.2 Å². The number of carbonyl (C=O) groups is 1. The third-order valence-electron chi connectivity index (χ3n) is 3.65. The highest BCUT2D eigenvalue weighted by atomic mass is 19.2. The van der Waals surface area contributed by atoms with Gasteiger partial charge in [-0.3, -0.25) is 9.59 Å². The number of anilines is 1. The van der Waals surface area contributed by atoms with Crippen molar-refractivity contribution in [3.63, 3.8) is 0 Å². The molecule has 3 aromatic rings. The molecule has 1 aromatic heterocycles. The maximum absolute atomic E-state index is 13.6. The van der Waals surface area contributed by atoms with E-state index in [1.165, 1.54) is 36.5 Å². The smallest absolute Gasteiger partial charge is 0.295 e. The average molecular weight is 374 g/mol. The normalized spacial score (nSPS) is 10.5. The molecule has 0 radical (unpaired) electrons. The highest BCUT2D eigenvalue weighted by Crippen LogP contribution is 2.13. The quantitative estimate of drug-likeness (QED) is 0.746. The van der Waals surface area contributed by atoms with Crippen LogP contribution in [0, 0.1) is 17.5 Å². The van der Waals surface area contributed by atoms with Gasteiger partial charge in [0.15, 0.2) is 11.6 Å². The van der Waals surface area contributed by atoms with E-state index < -0.39 is 28.9 Å². The summed E-state index contributed by atoms with van der Waals surface area (Å²) >= 11 is 0. The van der Waals surface area contributed by atoms with E-state index in [-0.39, 0.29) is 23.4 Å². The molecule has 1 heterocycles. The summed E-state index contributed by atoms with van der Waals surface area (Å²) in [6, 6.07) is 11.3. The van der Waals surface area contributed by atoms with E-state index in [4.69, 9.17) is 4.84 Å². The summed E-state index contributed by atoms with van der Waals surface area (Å²) in [6.45, 7) is -0.221. The predicted octanol–water partition coefficient (Wildman–Crippen LogP) is 3.15. The van der Waals surface area contributed by atoms with Crippen LogP contribution in [0.3, 0.4) is 0 Å². The summed E-state index contributed by atoms with van der Waals surface area (Å²) in [5, 5.41) is 2.30. The molecule has 0 unspecified atom stereocenters. The van der Waals surface area contributed by atoms with Gasteiger partial charge in [0.2, 0.25) is 0 Å². The zero-order chi connectivity index (χ0) is 19.4. The number of aromatic nitrogens is 1. The molecule has 8 heteroatoms. The van der Waals surface area contributed by atoms with Crippen molar-refractivity contribution in [3.05, 3.63) is 99.7 Å². The number of carbonyl (C=O) groups excluding carboxylic acids is 1. The Morgan fingerprint density at radius 2 is 1.74 bits per heavy atom. The molecular weight excluding hydrogens is 361 g/mol. The zero-order valence-corrected chi connectivity index (χ0v) is 13.8. The molecule has 3 rings (SSSR count). The largest absolute Gasteiger partial charge is 0.406 e. The second kappa shape index (κ2) is 7.77. The highest BCUT2D eigenvalue weighted by molar-refractivity contribution is 6.03. The van der Waals surface area contributed by atoms with Gasteiger partial charge in [-0.15, -0.1) is 0 Å². The lowest BCUT2D eigenvalue weighted by Crippen LogP contribution is -2.32. The summed E-state index contributed by atoms with van der Waals surface area (Å²) in [6.07, 6.45) is 1.28. The van der Waals surface area contributed by atoms with Gasteiger partial charge in [-0.2, -0.15) is 4.73 Å². The van der Waals surface area contributed by atoms with Crippen LogP contribution in [-0.2, 0) is 6.61 Å². The van der Waals surface area contributed by atoms with Gasteiger partial charge in [0.25, 0.3) is 11.5 Å². The van der Waals surface area contributed by atoms with Gasteiger partial charge in [0.05, 0.1) is 0 Å². The molecule has 27 heavy (non-hydrogen) atoms. The first-order valence-corrected chi connectivity index (χ1v) is 7.80. The second-order valence-corrected chi connectivity index (χ2v) is 5.50. The average Bonchev–Trinajstić information content (AvgIpc) is 2.65. The number of halogens is 3. The van der Waals surface area contributed by atoms with Crippen LogP contribution in [0.1, 0.15) is 15.9 Å². The van der Waals surface area contributed by atoms with Crippen molar-refractivity contribution in [2.45, 2.75) is 6.61 Å². The Kier molecular flexibility index (Phi) is 5.25. The molecule has 0 saturated carbocycles. The van der Waals surface area contributed by atoms with Crippen molar-refractivity contribution < 1.29 is 22.8 Å².